The van der Waals surface area contributed by atoms with Crippen LogP contribution in [0.15, 0.2) is 18.3 Å². The van der Waals surface area contributed by atoms with E-state index < -0.39 is 6.43 Å². The summed E-state index contributed by atoms with van der Waals surface area (Å²) < 4.78 is 23.9. The van der Waals surface area contributed by atoms with Gasteiger partial charge < -0.3 is 5.11 Å². The highest BCUT2D eigenvalue weighted by Gasteiger charge is 2.08. The Morgan fingerprint density at radius 2 is 2.21 bits per heavy atom. The molecular formula is C9H12F2N2O. The Labute approximate surface area is 81.0 Å². The van der Waals surface area contributed by atoms with Gasteiger partial charge >= 0.3 is 0 Å². The van der Waals surface area contributed by atoms with Gasteiger partial charge in [-0.3, -0.25) is 9.88 Å². The van der Waals surface area contributed by atoms with E-state index in [1.165, 1.54) is 17.2 Å². The van der Waals surface area contributed by atoms with Crippen LogP contribution in [0.25, 0.3) is 0 Å². The average Bonchev–Trinajstić information content (AvgIpc) is 2.07. The Morgan fingerprint density at radius 1 is 1.50 bits per heavy atom. The summed E-state index contributed by atoms with van der Waals surface area (Å²) in [6.45, 7) is 0.0766. The van der Waals surface area contributed by atoms with Gasteiger partial charge in [-0.25, -0.2) is 8.78 Å². The van der Waals surface area contributed by atoms with Crippen molar-refractivity contribution in [1.29, 1.82) is 0 Å². The lowest BCUT2D eigenvalue weighted by atomic mass is 10.3. The van der Waals surface area contributed by atoms with Crippen LogP contribution in [-0.4, -0.2) is 35.0 Å². The van der Waals surface area contributed by atoms with Crippen molar-refractivity contribution < 1.29 is 13.9 Å². The van der Waals surface area contributed by atoms with Gasteiger partial charge in [0.25, 0.3) is 6.43 Å². The molecule has 1 N–H and O–H groups in total. The fraction of sp³-hybridized carbons (Fsp3) is 0.444. The molecule has 0 saturated carbocycles. The summed E-state index contributed by atoms with van der Waals surface area (Å²) in [6.07, 6.45) is -1.04. The van der Waals surface area contributed by atoms with Crippen LogP contribution in [0.3, 0.4) is 0 Å². The number of aromatic nitrogens is 1. The van der Waals surface area contributed by atoms with Crippen molar-refractivity contribution in [1.82, 2.24) is 9.88 Å². The second-order valence-corrected chi connectivity index (χ2v) is 3.10. The largest absolute Gasteiger partial charge is 0.506 e. The summed E-state index contributed by atoms with van der Waals surface area (Å²) in [5, 5.41) is 8.94. The molecule has 0 aromatic carbocycles. The Kier molecular flexibility index (Phi) is 3.76. The molecule has 0 amide bonds. The zero-order chi connectivity index (χ0) is 10.6. The number of alkyl halides is 2. The van der Waals surface area contributed by atoms with E-state index in [1.54, 1.807) is 13.1 Å². The molecule has 14 heavy (non-hydrogen) atoms. The van der Waals surface area contributed by atoms with Crippen molar-refractivity contribution in [2.45, 2.75) is 13.0 Å². The SMILES string of the molecule is CN(Cc1ccc(O)cn1)CC(F)F. The summed E-state index contributed by atoms with van der Waals surface area (Å²) in [7, 11) is 1.60. The van der Waals surface area contributed by atoms with Gasteiger partial charge in [0, 0.05) is 6.54 Å². The standard InChI is InChI=1S/C9H12F2N2O/c1-13(6-9(10)11)5-7-2-3-8(14)4-12-7/h2-4,9,14H,5-6H2,1H3. The van der Waals surface area contributed by atoms with Crippen molar-refractivity contribution >= 4 is 0 Å². The lowest BCUT2D eigenvalue weighted by Crippen LogP contribution is -2.24. The van der Waals surface area contributed by atoms with E-state index in [0.717, 1.165) is 0 Å². The first-order valence-corrected chi connectivity index (χ1v) is 4.18. The first kappa shape index (κ1) is 10.8. The molecule has 1 aromatic heterocycles. The van der Waals surface area contributed by atoms with Crippen LogP contribution in [0.4, 0.5) is 8.78 Å². The lowest BCUT2D eigenvalue weighted by molar-refractivity contribution is 0.0970. The Morgan fingerprint density at radius 3 is 2.71 bits per heavy atom. The zero-order valence-electron chi connectivity index (χ0n) is 7.82. The molecule has 0 aliphatic heterocycles. The third kappa shape index (κ3) is 3.66. The fourth-order valence-corrected chi connectivity index (χ4v) is 1.09. The van der Waals surface area contributed by atoms with Crippen molar-refractivity contribution in [3.8, 4) is 5.75 Å². The molecule has 1 aromatic rings. The highest BCUT2D eigenvalue weighted by atomic mass is 19.3. The molecule has 0 saturated heterocycles. The van der Waals surface area contributed by atoms with Crippen molar-refractivity contribution in [2.75, 3.05) is 13.6 Å². The minimum atomic E-state index is -2.34. The molecule has 0 fully saturated rings. The third-order valence-corrected chi connectivity index (χ3v) is 1.69. The van der Waals surface area contributed by atoms with E-state index >= 15 is 0 Å². The molecule has 5 heteroatoms. The zero-order valence-corrected chi connectivity index (χ0v) is 7.82. The third-order valence-electron chi connectivity index (χ3n) is 1.69. The summed E-state index contributed by atoms with van der Waals surface area (Å²) in [6, 6.07) is 3.09. The fourth-order valence-electron chi connectivity index (χ4n) is 1.09. The summed E-state index contributed by atoms with van der Waals surface area (Å²) >= 11 is 0. The van der Waals surface area contributed by atoms with Crippen LogP contribution >= 0.6 is 0 Å². The number of hydrogen-bond acceptors (Lipinski definition) is 3. The first-order chi connectivity index (χ1) is 6.58. The average molecular weight is 202 g/mol. The van der Waals surface area contributed by atoms with Crippen LogP contribution in [0, 0.1) is 0 Å². The maximum absolute atomic E-state index is 11.9. The number of nitrogens with zero attached hydrogens (tertiary/aromatic N) is 2. The Bertz CT molecular complexity index is 277. The molecule has 1 rings (SSSR count). The molecule has 0 spiro atoms. The van der Waals surface area contributed by atoms with Crippen LogP contribution in [0.2, 0.25) is 0 Å². The summed E-state index contributed by atoms with van der Waals surface area (Å²) in [5.74, 6) is 0.0743. The van der Waals surface area contributed by atoms with Gasteiger partial charge in [-0.05, 0) is 19.2 Å². The molecule has 0 unspecified atom stereocenters. The molecule has 78 valence electrons. The normalized spacial score (nSPS) is 11.2. The van der Waals surface area contributed by atoms with E-state index in [-0.39, 0.29) is 12.3 Å². The Hall–Kier alpha value is -1.23. The maximum atomic E-state index is 11.9. The molecule has 1 heterocycles. The van der Waals surface area contributed by atoms with Crippen LogP contribution in [0.5, 0.6) is 5.75 Å². The number of pyridine rings is 1. The molecule has 0 aliphatic rings. The molecule has 0 bridgehead atoms. The molecular weight excluding hydrogens is 190 g/mol. The van der Waals surface area contributed by atoms with Crippen LogP contribution in [-0.2, 0) is 6.54 Å². The Balaban J connectivity index is 2.47. The number of aromatic hydroxyl groups is 1. The quantitative estimate of drug-likeness (QED) is 0.803. The molecule has 0 aliphatic carbocycles. The number of hydrogen-bond donors (Lipinski definition) is 1. The predicted molar refractivity (Wildman–Crippen MR) is 48.2 cm³/mol. The molecule has 0 atom stereocenters. The van der Waals surface area contributed by atoms with E-state index in [9.17, 15) is 8.78 Å². The smallest absolute Gasteiger partial charge is 0.251 e. The van der Waals surface area contributed by atoms with Gasteiger partial charge in [-0.1, -0.05) is 0 Å². The van der Waals surface area contributed by atoms with E-state index in [4.69, 9.17) is 5.11 Å². The monoisotopic (exact) mass is 202 g/mol. The summed E-state index contributed by atoms with van der Waals surface area (Å²) in [5.41, 5.74) is 0.658. The highest BCUT2D eigenvalue weighted by molar-refractivity contribution is 5.17. The number of rotatable bonds is 4. The summed E-state index contributed by atoms with van der Waals surface area (Å²) in [4.78, 5) is 5.37. The van der Waals surface area contributed by atoms with E-state index in [1.807, 2.05) is 0 Å². The minimum Gasteiger partial charge on any atom is -0.506 e. The van der Waals surface area contributed by atoms with Crippen molar-refractivity contribution in [2.24, 2.45) is 0 Å². The first-order valence-electron chi connectivity index (χ1n) is 4.18. The van der Waals surface area contributed by atoms with Crippen LogP contribution < -0.4 is 0 Å². The van der Waals surface area contributed by atoms with Crippen molar-refractivity contribution in [3.63, 3.8) is 0 Å². The highest BCUT2D eigenvalue weighted by Crippen LogP contribution is 2.08. The number of halogens is 2. The second kappa shape index (κ2) is 4.85. The van der Waals surface area contributed by atoms with Gasteiger partial charge in [0.2, 0.25) is 0 Å². The van der Waals surface area contributed by atoms with Gasteiger partial charge in [-0.2, -0.15) is 0 Å². The molecule has 3 nitrogen and oxygen atoms in total. The van der Waals surface area contributed by atoms with E-state index in [2.05, 4.69) is 4.98 Å². The van der Waals surface area contributed by atoms with Gasteiger partial charge in [0.1, 0.15) is 5.75 Å². The molecule has 0 radical (unpaired) electrons. The van der Waals surface area contributed by atoms with Crippen LogP contribution in [0.1, 0.15) is 5.69 Å². The van der Waals surface area contributed by atoms with Crippen molar-refractivity contribution in [3.05, 3.63) is 24.0 Å². The predicted octanol–water partition coefficient (Wildman–Crippen LogP) is 1.48. The van der Waals surface area contributed by atoms with Gasteiger partial charge in [0.05, 0.1) is 18.4 Å². The van der Waals surface area contributed by atoms with E-state index in [0.29, 0.717) is 12.2 Å². The minimum absolute atomic E-state index is 0.0743. The lowest BCUT2D eigenvalue weighted by Gasteiger charge is -2.14. The van der Waals surface area contributed by atoms with Gasteiger partial charge in [0.15, 0.2) is 0 Å². The van der Waals surface area contributed by atoms with Gasteiger partial charge in [-0.15, -0.1) is 0 Å². The topological polar surface area (TPSA) is 36.4 Å². The maximum Gasteiger partial charge on any atom is 0.251 e. The second-order valence-electron chi connectivity index (χ2n) is 3.10.